The summed E-state index contributed by atoms with van der Waals surface area (Å²) in [5.41, 5.74) is 4.16. The van der Waals surface area contributed by atoms with E-state index in [1.165, 1.54) is 0 Å². The SMILES string of the molecule is c1ccc(CO[C@H]2[C@H](OCc3ccccc3)[C@H]3CO[C@](c4ccccc4)(O3)[C@@H]2OCc2ccccc2)cc1. The summed E-state index contributed by atoms with van der Waals surface area (Å²) < 4.78 is 33.1. The van der Waals surface area contributed by atoms with Gasteiger partial charge in [-0.05, 0) is 16.7 Å². The lowest BCUT2D eigenvalue weighted by atomic mass is 9.89. The van der Waals surface area contributed by atoms with Crippen LogP contribution in [0.15, 0.2) is 121 Å². The Bertz CT molecular complexity index is 1270. The quantitative estimate of drug-likeness (QED) is 0.262. The first kappa shape index (κ1) is 25.0. The van der Waals surface area contributed by atoms with E-state index >= 15 is 0 Å². The summed E-state index contributed by atoms with van der Waals surface area (Å²) >= 11 is 0. The van der Waals surface area contributed by atoms with E-state index in [1.54, 1.807) is 0 Å². The number of ether oxygens (including phenoxy) is 5. The highest BCUT2D eigenvalue weighted by molar-refractivity contribution is 5.26. The van der Waals surface area contributed by atoms with Gasteiger partial charge in [-0.25, -0.2) is 0 Å². The Morgan fingerprint density at radius 1 is 0.553 bits per heavy atom. The minimum absolute atomic E-state index is 0.295. The van der Waals surface area contributed by atoms with E-state index in [0.717, 1.165) is 22.3 Å². The molecule has 0 unspecified atom stereocenters. The highest BCUT2D eigenvalue weighted by Crippen LogP contribution is 2.48. The van der Waals surface area contributed by atoms with Gasteiger partial charge in [0.2, 0.25) is 5.79 Å². The molecule has 0 amide bonds. The summed E-state index contributed by atoms with van der Waals surface area (Å²) in [6.07, 6.45) is -1.66. The van der Waals surface area contributed by atoms with Crippen LogP contribution in [0.2, 0.25) is 0 Å². The van der Waals surface area contributed by atoms with E-state index in [0.29, 0.717) is 26.4 Å². The van der Waals surface area contributed by atoms with Crippen LogP contribution in [-0.2, 0) is 49.3 Å². The van der Waals surface area contributed by atoms with Crippen molar-refractivity contribution in [1.29, 1.82) is 0 Å². The molecule has 0 radical (unpaired) electrons. The lowest BCUT2D eigenvalue weighted by molar-refractivity contribution is -0.328. The summed E-state index contributed by atoms with van der Waals surface area (Å²) in [4.78, 5) is 0. The van der Waals surface area contributed by atoms with Gasteiger partial charge < -0.3 is 23.7 Å². The molecule has 0 aliphatic carbocycles. The highest BCUT2D eigenvalue weighted by Gasteiger charge is 2.62. The molecular weight excluding hydrogens is 476 g/mol. The third-order valence-corrected chi connectivity index (χ3v) is 7.17. The maximum atomic E-state index is 6.70. The summed E-state index contributed by atoms with van der Waals surface area (Å²) in [6, 6.07) is 40.5. The fourth-order valence-electron chi connectivity index (χ4n) is 5.28. The molecule has 5 heteroatoms. The van der Waals surface area contributed by atoms with Gasteiger partial charge in [0.1, 0.15) is 24.4 Å². The van der Waals surface area contributed by atoms with Gasteiger partial charge in [0, 0.05) is 5.56 Å². The number of rotatable bonds is 10. The molecule has 194 valence electrons. The van der Waals surface area contributed by atoms with Crippen LogP contribution in [0.25, 0.3) is 0 Å². The van der Waals surface area contributed by atoms with Crippen molar-refractivity contribution in [2.24, 2.45) is 0 Å². The van der Waals surface area contributed by atoms with E-state index in [4.69, 9.17) is 23.7 Å². The topological polar surface area (TPSA) is 46.2 Å². The van der Waals surface area contributed by atoms with E-state index in [1.807, 2.05) is 84.9 Å². The minimum atomic E-state index is -1.09. The first-order chi connectivity index (χ1) is 18.8. The fourth-order valence-corrected chi connectivity index (χ4v) is 5.28. The summed E-state index contributed by atoms with van der Waals surface area (Å²) in [5, 5.41) is 0. The third-order valence-electron chi connectivity index (χ3n) is 7.17. The molecule has 5 nitrogen and oxygen atoms in total. The molecule has 2 aliphatic heterocycles. The van der Waals surface area contributed by atoms with Gasteiger partial charge in [-0.1, -0.05) is 121 Å². The van der Waals surface area contributed by atoms with Crippen LogP contribution in [0.3, 0.4) is 0 Å². The van der Waals surface area contributed by atoms with Crippen molar-refractivity contribution in [3.05, 3.63) is 144 Å². The molecule has 2 bridgehead atoms. The average molecular weight is 509 g/mol. The Morgan fingerprint density at radius 3 is 1.53 bits per heavy atom. The van der Waals surface area contributed by atoms with Crippen LogP contribution in [0.4, 0.5) is 0 Å². The van der Waals surface area contributed by atoms with Crippen molar-refractivity contribution >= 4 is 0 Å². The molecule has 6 rings (SSSR count). The fraction of sp³-hybridized carbons (Fsp3) is 0.273. The van der Waals surface area contributed by atoms with Crippen molar-refractivity contribution in [3.8, 4) is 0 Å². The van der Waals surface area contributed by atoms with Crippen LogP contribution < -0.4 is 0 Å². The monoisotopic (exact) mass is 508 g/mol. The molecule has 2 fully saturated rings. The summed E-state index contributed by atoms with van der Waals surface area (Å²) in [5.74, 6) is -1.09. The lowest BCUT2D eigenvalue weighted by Gasteiger charge is -2.46. The van der Waals surface area contributed by atoms with E-state index in [2.05, 4.69) is 36.4 Å². The molecular formula is C33H32O5. The predicted molar refractivity (Wildman–Crippen MR) is 144 cm³/mol. The van der Waals surface area contributed by atoms with Gasteiger partial charge in [0.05, 0.1) is 26.4 Å². The zero-order valence-electron chi connectivity index (χ0n) is 21.2. The van der Waals surface area contributed by atoms with Crippen LogP contribution in [-0.4, -0.2) is 31.0 Å². The standard InChI is InChI=1S/C33H32O5/c1-5-13-25(14-6-1)21-34-30-29-24-37-33(38-29,28-19-11-4-12-20-28)32(36-23-27-17-9-3-10-18-27)31(30)35-22-26-15-7-2-8-16-26/h1-20,29-32H,21-24H2/t29-,30-,31+,32-,33-/m1/s1. The molecule has 0 N–H and O–H groups in total. The zero-order valence-corrected chi connectivity index (χ0v) is 21.2. The molecule has 0 saturated carbocycles. The van der Waals surface area contributed by atoms with Crippen LogP contribution in [0.5, 0.6) is 0 Å². The third kappa shape index (κ3) is 5.30. The first-order valence-electron chi connectivity index (χ1n) is 13.2. The van der Waals surface area contributed by atoms with Crippen molar-refractivity contribution in [2.45, 2.75) is 50.0 Å². The number of benzene rings is 4. The Kier molecular flexibility index (Phi) is 7.63. The Morgan fingerprint density at radius 2 is 1.00 bits per heavy atom. The van der Waals surface area contributed by atoms with Crippen molar-refractivity contribution in [1.82, 2.24) is 0 Å². The molecule has 2 heterocycles. The van der Waals surface area contributed by atoms with Gasteiger partial charge in [0.25, 0.3) is 0 Å². The molecule has 4 aromatic rings. The van der Waals surface area contributed by atoms with Gasteiger partial charge in [0.15, 0.2) is 0 Å². The molecule has 0 spiro atoms. The second-order valence-electron chi connectivity index (χ2n) is 9.74. The van der Waals surface area contributed by atoms with E-state index in [-0.39, 0.29) is 12.2 Å². The lowest BCUT2D eigenvalue weighted by Crippen LogP contribution is -2.61. The van der Waals surface area contributed by atoms with Crippen LogP contribution in [0, 0.1) is 0 Å². The molecule has 0 aromatic heterocycles. The maximum absolute atomic E-state index is 6.70. The molecule has 4 aromatic carbocycles. The summed E-state index contributed by atoms with van der Waals surface area (Å²) in [6.45, 7) is 1.67. The van der Waals surface area contributed by atoms with Crippen molar-refractivity contribution in [3.63, 3.8) is 0 Å². The van der Waals surface area contributed by atoms with E-state index in [9.17, 15) is 0 Å². The second-order valence-corrected chi connectivity index (χ2v) is 9.74. The largest absolute Gasteiger partial charge is 0.368 e. The highest BCUT2D eigenvalue weighted by atomic mass is 16.8. The van der Waals surface area contributed by atoms with Crippen molar-refractivity contribution in [2.75, 3.05) is 6.61 Å². The number of hydrogen-bond acceptors (Lipinski definition) is 5. The van der Waals surface area contributed by atoms with Gasteiger partial charge in [-0.2, -0.15) is 0 Å². The van der Waals surface area contributed by atoms with Gasteiger partial charge in [-0.15, -0.1) is 0 Å². The Hall–Kier alpha value is -3.32. The van der Waals surface area contributed by atoms with Crippen LogP contribution in [0.1, 0.15) is 22.3 Å². The second kappa shape index (κ2) is 11.6. The van der Waals surface area contributed by atoms with Gasteiger partial charge >= 0.3 is 0 Å². The molecule has 38 heavy (non-hydrogen) atoms. The Balaban J connectivity index is 1.34. The number of hydrogen-bond donors (Lipinski definition) is 0. The van der Waals surface area contributed by atoms with E-state index < -0.39 is 18.0 Å². The summed E-state index contributed by atoms with van der Waals surface area (Å²) in [7, 11) is 0. The van der Waals surface area contributed by atoms with Crippen LogP contribution >= 0.6 is 0 Å². The Labute approximate surface area is 223 Å². The molecule has 5 atom stereocenters. The maximum Gasteiger partial charge on any atom is 0.225 e. The smallest absolute Gasteiger partial charge is 0.225 e. The van der Waals surface area contributed by atoms with Gasteiger partial charge in [-0.3, -0.25) is 0 Å². The zero-order chi connectivity index (χ0) is 25.6. The number of fused-ring (bicyclic) bond motifs is 2. The predicted octanol–water partition coefficient (Wildman–Crippen LogP) is 6.02. The minimum Gasteiger partial charge on any atom is -0.368 e. The van der Waals surface area contributed by atoms with Crippen molar-refractivity contribution < 1.29 is 23.7 Å². The first-order valence-corrected chi connectivity index (χ1v) is 13.2. The molecule has 2 aliphatic rings. The normalized spacial score (nSPS) is 26.3. The molecule has 2 saturated heterocycles. The average Bonchev–Trinajstić information content (AvgIpc) is 3.39.